The highest BCUT2D eigenvalue weighted by molar-refractivity contribution is 6.46. The highest BCUT2D eigenvalue weighted by Crippen LogP contribution is 2.40. The van der Waals surface area contributed by atoms with E-state index in [0.29, 0.717) is 30.0 Å². The maximum atomic E-state index is 13.1. The van der Waals surface area contributed by atoms with Crippen molar-refractivity contribution in [2.75, 3.05) is 26.2 Å². The highest BCUT2D eigenvalue weighted by atomic mass is 16.5. The molecule has 176 valence electrons. The average Bonchev–Trinajstić information content (AvgIpc) is 3.04. The molecule has 1 heterocycles. The molecule has 2 aromatic carbocycles. The summed E-state index contributed by atoms with van der Waals surface area (Å²) in [7, 11) is 0. The Morgan fingerprint density at radius 3 is 2.36 bits per heavy atom. The summed E-state index contributed by atoms with van der Waals surface area (Å²) in [5.41, 5.74) is 1.08. The van der Waals surface area contributed by atoms with Gasteiger partial charge in [-0.25, -0.2) is 0 Å². The van der Waals surface area contributed by atoms with Crippen LogP contribution in [0.5, 0.6) is 11.5 Å². The van der Waals surface area contributed by atoms with Gasteiger partial charge < -0.3 is 24.7 Å². The van der Waals surface area contributed by atoms with E-state index >= 15 is 0 Å². The number of hydrogen-bond acceptors (Lipinski definition) is 6. The number of hydrogen-bond donors (Lipinski definition) is 2. The number of aliphatic hydroxyl groups is 1. The summed E-state index contributed by atoms with van der Waals surface area (Å²) in [5, 5.41) is 20.9. The Balaban J connectivity index is 2.08. The van der Waals surface area contributed by atoms with Gasteiger partial charge in [-0.2, -0.15) is 0 Å². The summed E-state index contributed by atoms with van der Waals surface area (Å²) in [5.74, 6) is -0.967. The number of benzene rings is 2. The first kappa shape index (κ1) is 24.3. The van der Waals surface area contributed by atoms with Crippen LogP contribution in [0.4, 0.5) is 0 Å². The molecule has 1 amide bonds. The summed E-state index contributed by atoms with van der Waals surface area (Å²) in [6, 6.07) is 12.5. The van der Waals surface area contributed by atoms with Crippen LogP contribution in [0.25, 0.3) is 5.76 Å². The normalized spacial score (nSPS) is 17.9. The molecule has 1 atom stereocenters. The highest BCUT2D eigenvalue weighted by Gasteiger charge is 2.46. The smallest absolute Gasteiger partial charge is 0.295 e. The number of likely N-dealkylation sites (N-methyl/N-ethyl adjacent to an activating group) is 1. The molecule has 2 N–H and O–H groups in total. The van der Waals surface area contributed by atoms with Gasteiger partial charge in [0.25, 0.3) is 11.7 Å². The number of rotatable bonds is 9. The molecule has 1 aliphatic rings. The molecule has 33 heavy (non-hydrogen) atoms. The molecule has 0 aliphatic carbocycles. The fourth-order valence-electron chi connectivity index (χ4n) is 4.05. The minimum atomic E-state index is -0.754. The molecule has 0 aromatic heterocycles. The molecular formula is C26H32N2O5. The second-order valence-corrected chi connectivity index (χ2v) is 8.31. The van der Waals surface area contributed by atoms with Crippen LogP contribution >= 0.6 is 0 Å². The number of Topliss-reactive ketones (excluding diaryl/α,β-unsaturated/α-hetero) is 1. The summed E-state index contributed by atoms with van der Waals surface area (Å²) in [6.07, 6.45) is -0.0509. The third-order valence-corrected chi connectivity index (χ3v) is 5.78. The molecule has 1 saturated heterocycles. The SMILES string of the molecule is CCN(CC)CCN1C(=O)C(=O)/C(=C(\O)c2cccc(OC(C)C)c2)C1c1ccc(O)cc1. The number of ketones is 1. The molecule has 2 aromatic rings. The second-order valence-electron chi connectivity index (χ2n) is 8.31. The van der Waals surface area contributed by atoms with Crippen LogP contribution in [0.15, 0.2) is 54.1 Å². The lowest BCUT2D eigenvalue weighted by atomic mass is 9.95. The van der Waals surface area contributed by atoms with Gasteiger partial charge in [0.05, 0.1) is 17.7 Å². The number of nitrogens with zero attached hydrogens (tertiary/aromatic N) is 2. The van der Waals surface area contributed by atoms with Crippen LogP contribution in [-0.2, 0) is 9.59 Å². The second kappa shape index (κ2) is 10.5. The van der Waals surface area contributed by atoms with Crippen LogP contribution < -0.4 is 4.74 Å². The van der Waals surface area contributed by atoms with Crippen LogP contribution in [0, 0.1) is 0 Å². The molecule has 0 bridgehead atoms. The summed E-state index contributed by atoms with van der Waals surface area (Å²) in [4.78, 5) is 29.8. The number of carbonyl (C=O) groups is 2. The summed E-state index contributed by atoms with van der Waals surface area (Å²) >= 11 is 0. The number of carbonyl (C=O) groups excluding carboxylic acids is 2. The van der Waals surface area contributed by atoms with E-state index < -0.39 is 17.7 Å². The minimum absolute atomic E-state index is 0.0342. The van der Waals surface area contributed by atoms with Gasteiger partial charge in [-0.1, -0.05) is 38.1 Å². The zero-order chi connectivity index (χ0) is 24.1. The number of ether oxygens (including phenoxy) is 1. The van der Waals surface area contributed by atoms with Crippen molar-refractivity contribution in [2.45, 2.75) is 39.8 Å². The Morgan fingerprint density at radius 1 is 1.09 bits per heavy atom. The molecule has 0 radical (unpaired) electrons. The molecule has 7 heteroatoms. The Morgan fingerprint density at radius 2 is 1.76 bits per heavy atom. The van der Waals surface area contributed by atoms with Crippen molar-refractivity contribution in [3.05, 3.63) is 65.2 Å². The van der Waals surface area contributed by atoms with Crippen molar-refractivity contribution < 1.29 is 24.5 Å². The first-order valence-corrected chi connectivity index (χ1v) is 11.3. The van der Waals surface area contributed by atoms with Crippen molar-refractivity contribution in [3.8, 4) is 11.5 Å². The van der Waals surface area contributed by atoms with Gasteiger partial charge in [-0.15, -0.1) is 0 Å². The standard InChI is InChI=1S/C26H32N2O5/c1-5-27(6-2)14-15-28-23(18-10-12-20(29)13-11-18)22(25(31)26(28)32)24(30)19-8-7-9-21(16-19)33-17(3)4/h7-13,16-17,23,29-30H,5-6,14-15H2,1-4H3/b24-22-. The third kappa shape index (κ3) is 5.37. The number of phenolic OH excluding ortho intramolecular Hbond substituents is 1. The van der Waals surface area contributed by atoms with E-state index in [1.54, 1.807) is 36.4 Å². The van der Waals surface area contributed by atoms with E-state index in [-0.39, 0.29) is 23.2 Å². The van der Waals surface area contributed by atoms with E-state index in [1.807, 2.05) is 27.7 Å². The van der Waals surface area contributed by atoms with Gasteiger partial charge in [-0.3, -0.25) is 9.59 Å². The Kier molecular flexibility index (Phi) is 7.76. The van der Waals surface area contributed by atoms with E-state index in [9.17, 15) is 19.8 Å². The largest absolute Gasteiger partial charge is 0.508 e. The van der Waals surface area contributed by atoms with Crippen LogP contribution in [0.2, 0.25) is 0 Å². The van der Waals surface area contributed by atoms with Gasteiger partial charge in [-0.05, 0) is 56.8 Å². The van der Waals surface area contributed by atoms with Crippen molar-refractivity contribution in [3.63, 3.8) is 0 Å². The lowest BCUT2D eigenvalue weighted by Gasteiger charge is -2.28. The molecule has 1 aliphatic heterocycles. The quantitative estimate of drug-likeness (QED) is 0.340. The first-order valence-electron chi connectivity index (χ1n) is 11.3. The monoisotopic (exact) mass is 452 g/mol. The lowest BCUT2D eigenvalue weighted by Crippen LogP contribution is -2.38. The Labute approximate surface area is 194 Å². The number of phenols is 1. The molecule has 7 nitrogen and oxygen atoms in total. The fraction of sp³-hybridized carbons (Fsp3) is 0.385. The van der Waals surface area contributed by atoms with E-state index in [0.717, 1.165) is 13.1 Å². The third-order valence-electron chi connectivity index (χ3n) is 5.78. The first-order chi connectivity index (χ1) is 15.8. The van der Waals surface area contributed by atoms with Crippen LogP contribution in [0.1, 0.15) is 44.9 Å². The summed E-state index contributed by atoms with van der Waals surface area (Å²) in [6.45, 7) is 10.5. The molecule has 0 spiro atoms. The molecule has 1 fully saturated rings. The van der Waals surface area contributed by atoms with Gasteiger partial charge in [0.1, 0.15) is 17.3 Å². The number of amides is 1. The van der Waals surface area contributed by atoms with Gasteiger partial charge in [0, 0.05) is 18.7 Å². The fourth-order valence-corrected chi connectivity index (χ4v) is 4.05. The molecule has 0 saturated carbocycles. The number of aliphatic hydroxyl groups excluding tert-OH is 1. The Bertz CT molecular complexity index is 1030. The van der Waals surface area contributed by atoms with Crippen LogP contribution in [-0.4, -0.2) is 64.0 Å². The minimum Gasteiger partial charge on any atom is -0.508 e. The maximum absolute atomic E-state index is 13.1. The van der Waals surface area contributed by atoms with Crippen LogP contribution in [0.3, 0.4) is 0 Å². The van der Waals surface area contributed by atoms with Crippen molar-refractivity contribution in [2.24, 2.45) is 0 Å². The zero-order valence-corrected chi connectivity index (χ0v) is 19.6. The van der Waals surface area contributed by atoms with E-state index in [1.165, 1.54) is 17.0 Å². The zero-order valence-electron chi connectivity index (χ0n) is 19.6. The molecular weight excluding hydrogens is 420 g/mol. The van der Waals surface area contributed by atoms with Crippen molar-refractivity contribution in [1.82, 2.24) is 9.80 Å². The van der Waals surface area contributed by atoms with Crippen molar-refractivity contribution >= 4 is 17.4 Å². The number of aromatic hydroxyl groups is 1. The Hall–Kier alpha value is -3.32. The predicted octanol–water partition coefficient (Wildman–Crippen LogP) is 3.94. The number of likely N-dealkylation sites (tertiary alicyclic amines) is 1. The van der Waals surface area contributed by atoms with E-state index in [4.69, 9.17) is 4.74 Å². The molecule has 3 rings (SSSR count). The summed E-state index contributed by atoms with van der Waals surface area (Å²) < 4.78 is 5.72. The van der Waals surface area contributed by atoms with Gasteiger partial charge >= 0.3 is 0 Å². The molecule has 1 unspecified atom stereocenters. The van der Waals surface area contributed by atoms with Gasteiger partial charge in [0.2, 0.25) is 0 Å². The lowest BCUT2D eigenvalue weighted by molar-refractivity contribution is -0.140. The maximum Gasteiger partial charge on any atom is 0.295 e. The van der Waals surface area contributed by atoms with Crippen molar-refractivity contribution in [1.29, 1.82) is 0 Å². The van der Waals surface area contributed by atoms with E-state index in [2.05, 4.69) is 4.90 Å². The average molecular weight is 453 g/mol. The van der Waals surface area contributed by atoms with Gasteiger partial charge in [0.15, 0.2) is 0 Å². The predicted molar refractivity (Wildman–Crippen MR) is 127 cm³/mol. The topological polar surface area (TPSA) is 90.3 Å².